The number of rotatable bonds is 4. The summed E-state index contributed by atoms with van der Waals surface area (Å²) in [5.74, 6) is -1.37. The highest BCUT2D eigenvalue weighted by Gasteiger charge is 2.30. The largest absolute Gasteiger partial charge is 0.416 e. The smallest absolute Gasteiger partial charge is 0.340 e. The first-order valence-corrected chi connectivity index (χ1v) is 7.31. The molecule has 0 atom stereocenters. The third-order valence-electron chi connectivity index (χ3n) is 3.30. The van der Waals surface area contributed by atoms with Gasteiger partial charge in [-0.25, -0.2) is 13.8 Å². The standard InChI is InChI=1S/C17H11F5N4/c18-11-4-5-14(13(19)9-11)25-16-23-7-6-15(26-16)24-12-3-1-2-10(8-12)17(20,21)22/h1-9H,(H2,23,24,25,26). The molecule has 0 fully saturated rings. The molecule has 0 aliphatic rings. The van der Waals surface area contributed by atoms with E-state index in [1.165, 1.54) is 30.5 Å². The van der Waals surface area contributed by atoms with Crippen LogP contribution in [0.5, 0.6) is 0 Å². The average molecular weight is 366 g/mol. The van der Waals surface area contributed by atoms with Crippen LogP contribution in [0, 0.1) is 11.6 Å². The fraction of sp³-hybridized carbons (Fsp3) is 0.0588. The molecule has 0 spiro atoms. The van der Waals surface area contributed by atoms with E-state index in [2.05, 4.69) is 20.6 Å². The number of anilines is 4. The molecule has 3 aromatic rings. The van der Waals surface area contributed by atoms with Crippen LogP contribution in [0.1, 0.15) is 5.56 Å². The molecule has 1 heterocycles. The summed E-state index contributed by atoms with van der Waals surface area (Å²) in [7, 11) is 0. The van der Waals surface area contributed by atoms with E-state index in [1.54, 1.807) is 0 Å². The second-order valence-electron chi connectivity index (χ2n) is 5.22. The third-order valence-corrected chi connectivity index (χ3v) is 3.30. The summed E-state index contributed by atoms with van der Waals surface area (Å²) in [4.78, 5) is 7.94. The van der Waals surface area contributed by atoms with Crippen molar-refractivity contribution in [1.29, 1.82) is 0 Å². The maximum atomic E-state index is 13.7. The number of hydrogen-bond acceptors (Lipinski definition) is 4. The zero-order chi connectivity index (χ0) is 18.7. The molecule has 0 unspecified atom stereocenters. The van der Waals surface area contributed by atoms with Crippen molar-refractivity contribution >= 4 is 23.1 Å². The zero-order valence-corrected chi connectivity index (χ0v) is 13.0. The van der Waals surface area contributed by atoms with Crippen LogP contribution in [-0.2, 0) is 6.18 Å². The number of benzene rings is 2. The van der Waals surface area contributed by atoms with E-state index >= 15 is 0 Å². The second kappa shape index (κ2) is 6.95. The van der Waals surface area contributed by atoms with Gasteiger partial charge < -0.3 is 10.6 Å². The Labute approximate surface area is 144 Å². The molecule has 2 aromatic carbocycles. The molecule has 0 saturated heterocycles. The number of halogens is 5. The van der Waals surface area contributed by atoms with Crippen LogP contribution in [-0.4, -0.2) is 9.97 Å². The number of alkyl halides is 3. The highest BCUT2D eigenvalue weighted by atomic mass is 19.4. The Hall–Kier alpha value is -3.23. The van der Waals surface area contributed by atoms with Crippen LogP contribution in [0.2, 0.25) is 0 Å². The molecule has 0 aliphatic heterocycles. The van der Waals surface area contributed by atoms with Crippen molar-refractivity contribution < 1.29 is 22.0 Å². The Kier molecular flexibility index (Phi) is 4.70. The summed E-state index contributed by atoms with van der Waals surface area (Å²) >= 11 is 0. The molecular formula is C17H11F5N4. The van der Waals surface area contributed by atoms with Gasteiger partial charge in [0.2, 0.25) is 5.95 Å². The summed E-state index contributed by atoms with van der Waals surface area (Å²) in [6.07, 6.45) is -3.12. The zero-order valence-electron chi connectivity index (χ0n) is 13.0. The first-order valence-electron chi connectivity index (χ1n) is 7.31. The molecular weight excluding hydrogens is 355 g/mol. The molecule has 0 saturated carbocycles. The van der Waals surface area contributed by atoms with Gasteiger partial charge in [0, 0.05) is 18.0 Å². The minimum absolute atomic E-state index is 0.00696. The highest BCUT2D eigenvalue weighted by molar-refractivity contribution is 5.60. The molecule has 0 radical (unpaired) electrons. The van der Waals surface area contributed by atoms with Crippen molar-refractivity contribution in [3.8, 4) is 0 Å². The Bertz CT molecular complexity index is 927. The maximum absolute atomic E-state index is 13.7. The van der Waals surface area contributed by atoms with Gasteiger partial charge >= 0.3 is 6.18 Å². The molecule has 2 N–H and O–H groups in total. The van der Waals surface area contributed by atoms with Crippen molar-refractivity contribution in [1.82, 2.24) is 9.97 Å². The van der Waals surface area contributed by atoms with E-state index in [0.717, 1.165) is 18.2 Å². The van der Waals surface area contributed by atoms with Crippen molar-refractivity contribution in [3.05, 3.63) is 71.9 Å². The van der Waals surface area contributed by atoms with Crippen molar-refractivity contribution in [3.63, 3.8) is 0 Å². The van der Waals surface area contributed by atoms with Gasteiger partial charge in [-0.15, -0.1) is 0 Å². The van der Waals surface area contributed by atoms with Gasteiger partial charge in [0.25, 0.3) is 0 Å². The number of nitrogens with zero attached hydrogens (tertiary/aromatic N) is 2. The first-order chi connectivity index (χ1) is 12.3. The summed E-state index contributed by atoms with van der Waals surface area (Å²) in [6, 6.07) is 8.99. The summed E-state index contributed by atoms with van der Waals surface area (Å²) in [6.45, 7) is 0. The van der Waals surface area contributed by atoms with Crippen LogP contribution in [0.4, 0.5) is 45.1 Å². The summed E-state index contributed by atoms with van der Waals surface area (Å²) in [5, 5.41) is 5.30. The van der Waals surface area contributed by atoms with E-state index in [-0.39, 0.29) is 23.1 Å². The molecule has 4 nitrogen and oxygen atoms in total. The monoisotopic (exact) mass is 366 g/mol. The van der Waals surface area contributed by atoms with Gasteiger partial charge in [0.15, 0.2) is 0 Å². The number of hydrogen-bond donors (Lipinski definition) is 2. The van der Waals surface area contributed by atoms with Gasteiger partial charge in [-0.1, -0.05) is 6.07 Å². The summed E-state index contributed by atoms with van der Waals surface area (Å²) < 4.78 is 64.8. The lowest BCUT2D eigenvalue weighted by Crippen LogP contribution is -2.06. The Morgan fingerprint density at radius 3 is 2.42 bits per heavy atom. The number of nitrogens with one attached hydrogen (secondary N) is 2. The highest BCUT2D eigenvalue weighted by Crippen LogP contribution is 2.31. The minimum Gasteiger partial charge on any atom is -0.340 e. The first kappa shape index (κ1) is 17.6. The van der Waals surface area contributed by atoms with E-state index in [1.807, 2.05) is 0 Å². The molecule has 9 heteroatoms. The normalized spacial score (nSPS) is 11.3. The van der Waals surface area contributed by atoms with Gasteiger partial charge in [-0.2, -0.15) is 18.2 Å². The number of aromatic nitrogens is 2. The molecule has 3 rings (SSSR count). The lowest BCUT2D eigenvalue weighted by Gasteiger charge is -2.11. The van der Waals surface area contributed by atoms with Gasteiger partial charge in [-0.05, 0) is 36.4 Å². The quantitative estimate of drug-likeness (QED) is 0.619. The predicted octanol–water partition coefficient (Wildman–Crippen LogP) is 5.26. The maximum Gasteiger partial charge on any atom is 0.416 e. The summed E-state index contributed by atoms with van der Waals surface area (Å²) in [5.41, 5.74) is -0.664. The molecule has 134 valence electrons. The molecule has 0 aliphatic carbocycles. The van der Waals surface area contributed by atoms with E-state index in [0.29, 0.717) is 6.07 Å². The van der Waals surface area contributed by atoms with E-state index in [9.17, 15) is 22.0 Å². The Morgan fingerprint density at radius 1 is 0.885 bits per heavy atom. The third kappa shape index (κ3) is 4.24. The Balaban J connectivity index is 1.79. The van der Waals surface area contributed by atoms with Crippen LogP contribution in [0.25, 0.3) is 0 Å². The Morgan fingerprint density at radius 2 is 1.69 bits per heavy atom. The van der Waals surface area contributed by atoms with Crippen molar-refractivity contribution in [2.75, 3.05) is 10.6 Å². The van der Waals surface area contributed by atoms with Crippen molar-refractivity contribution in [2.24, 2.45) is 0 Å². The molecule has 26 heavy (non-hydrogen) atoms. The fourth-order valence-electron chi connectivity index (χ4n) is 2.12. The van der Waals surface area contributed by atoms with Gasteiger partial charge in [0.1, 0.15) is 17.5 Å². The average Bonchev–Trinajstić information content (AvgIpc) is 2.57. The second-order valence-corrected chi connectivity index (χ2v) is 5.22. The van der Waals surface area contributed by atoms with Crippen LogP contribution < -0.4 is 10.6 Å². The van der Waals surface area contributed by atoms with Crippen LogP contribution in [0.3, 0.4) is 0 Å². The van der Waals surface area contributed by atoms with Crippen molar-refractivity contribution in [2.45, 2.75) is 6.18 Å². The fourth-order valence-corrected chi connectivity index (χ4v) is 2.12. The lowest BCUT2D eigenvalue weighted by atomic mass is 10.2. The predicted molar refractivity (Wildman–Crippen MR) is 86.4 cm³/mol. The molecule has 0 bridgehead atoms. The van der Waals surface area contributed by atoms with E-state index in [4.69, 9.17) is 0 Å². The minimum atomic E-state index is -4.46. The van der Waals surface area contributed by atoms with Crippen LogP contribution in [0.15, 0.2) is 54.7 Å². The topological polar surface area (TPSA) is 49.8 Å². The van der Waals surface area contributed by atoms with E-state index < -0.39 is 23.4 Å². The van der Waals surface area contributed by atoms with Gasteiger partial charge in [0.05, 0.1) is 11.3 Å². The lowest BCUT2D eigenvalue weighted by molar-refractivity contribution is -0.137. The SMILES string of the molecule is Fc1ccc(Nc2nccc(Nc3cccc(C(F)(F)F)c3)n2)c(F)c1. The van der Waals surface area contributed by atoms with Crippen LogP contribution >= 0.6 is 0 Å². The molecule has 1 aromatic heterocycles. The van der Waals surface area contributed by atoms with Gasteiger partial charge in [-0.3, -0.25) is 0 Å². The molecule has 0 amide bonds.